The Hall–Kier alpha value is -3.68. The number of carbonyl (C=O) groups excluding carboxylic acids is 2. The first-order chi connectivity index (χ1) is 16.9. The fourth-order valence-corrected chi connectivity index (χ4v) is 5.07. The van der Waals surface area contributed by atoms with Crippen LogP contribution in [-0.4, -0.2) is 29.4 Å². The van der Waals surface area contributed by atoms with Gasteiger partial charge < -0.3 is 10.1 Å². The molecule has 3 aromatic carbocycles. The molecule has 1 aliphatic rings. The van der Waals surface area contributed by atoms with Gasteiger partial charge in [0.05, 0.1) is 16.4 Å². The van der Waals surface area contributed by atoms with Gasteiger partial charge in [0.15, 0.2) is 6.61 Å². The summed E-state index contributed by atoms with van der Waals surface area (Å²) in [4.78, 5) is 32.1. The summed E-state index contributed by atoms with van der Waals surface area (Å²) in [5, 5.41) is 6.28. The van der Waals surface area contributed by atoms with E-state index >= 15 is 0 Å². The lowest BCUT2D eigenvalue weighted by atomic mass is 10.1. The fraction of sp³-hybridized carbons (Fsp3) is 0.148. The van der Waals surface area contributed by atoms with Gasteiger partial charge in [-0.1, -0.05) is 47.5 Å². The Morgan fingerprint density at radius 2 is 1.91 bits per heavy atom. The number of nitrogens with zero attached hydrogens (tertiary/aromatic N) is 2. The second-order valence-electron chi connectivity index (χ2n) is 8.28. The van der Waals surface area contributed by atoms with Crippen molar-refractivity contribution >= 4 is 46.1 Å². The van der Waals surface area contributed by atoms with E-state index in [2.05, 4.69) is 5.32 Å². The normalized spacial score (nSPS) is 13.7. The summed E-state index contributed by atoms with van der Waals surface area (Å²) in [7, 11) is 0. The van der Waals surface area contributed by atoms with E-state index in [0.29, 0.717) is 22.1 Å². The number of aryl methyl sites for hydroxylation is 1. The average Bonchev–Trinajstić information content (AvgIpc) is 3.35. The number of amides is 2. The topological polar surface area (TPSA) is 71.5 Å². The number of hydrogen-bond donors (Lipinski definition) is 1. The van der Waals surface area contributed by atoms with Crippen LogP contribution in [0.25, 0.3) is 21.8 Å². The highest BCUT2D eigenvalue weighted by molar-refractivity contribution is 7.13. The molecule has 0 saturated carbocycles. The molecule has 35 heavy (non-hydrogen) atoms. The minimum atomic E-state index is -0.740. The van der Waals surface area contributed by atoms with Gasteiger partial charge in [0, 0.05) is 22.2 Å². The van der Waals surface area contributed by atoms with E-state index in [-0.39, 0.29) is 18.4 Å². The lowest BCUT2D eigenvalue weighted by molar-refractivity contribution is -0.125. The average molecular weight is 504 g/mol. The molecular formula is C27H22ClN3O3S. The monoisotopic (exact) mass is 503 g/mol. The second-order valence-corrected chi connectivity index (χ2v) is 9.55. The fourth-order valence-electron chi connectivity index (χ4n) is 3.92. The van der Waals surface area contributed by atoms with Crippen LogP contribution in [0.15, 0.2) is 72.1 Å². The number of halogens is 1. The van der Waals surface area contributed by atoms with Crippen molar-refractivity contribution in [1.82, 2.24) is 4.98 Å². The van der Waals surface area contributed by atoms with Gasteiger partial charge in [-0.15, -0.1) is 11.3 Å². The van der Waals surface area contributed by atoms with Gasteiger partial charge in [0.25, 0.3) is 5.91 Å². The van der Waals surface area contributed by atoms with Crippen molar-refractivity contribution in [2.24, 2.45) is 0 Å². The lowest BCUT2D eigenvalue weighted by Gasteiger charge is -2.33. The third-order valence-electron chi connectivity index (χ3n) is 5.83. The number of rotatable bonds is 5. The molecule has 0 radical (unpaired) electrons. The van der Waals surface area contributed by atoms with E-state index < -0.39 is 6.04 Å². The van der Waals surface area contributed by atoms with E-state index in [1.165, 1.54) is 16.2 Å². The molecule has 5 rings (SSSR count). The van der Waals surface area contributed by atoms with E-state index in [1.807, 2.05) is 79.0 Å². The molecular weight excluding hydrogens is 482 g/mol. The van der Waals surface area contributed by atoms with Crippen molar-refractivity contribution in [2.75, 3.05) is 16.8 Å². The molecule has 0 saturated heterocycles. The standard InChI is InChI=1S/C27H22ClN3O3S/c1-16-7-10-19(11-8-16)29-26(33)17(2)31-23-13-18(9-12-24(23)34-14-25(31)32)22-15-35-27(30-22)20-5-3-4-6-21(20)28/h3-13,15,17H,14H2,1-2H3,(H,29,33). The highest BCUT2D eigenvalue weighted by Gasteiger charge is 2.33. The number of carbonyl (C=O) groups is 2. The maximum atomic E-state index is 13.0. The Balaban J connectivity index is 1.44. The van der Waals surface area contributed by atoms with Gasteiger partial charge in [-0.25, -0.2) is 4.98 Å². The van der Waals surface area contributed by atoms with Gasteiger partial charge >= 0.3 is 0 Å². The smallest absolute Gasteiger partial charge is 0.265 e. The molecule has 1 atom stereocenters. The number of nitrogens with one attached hydrogen (secondary N) is 1. The maximum absolute atomic E-state index is 13.0. The largest absolute Gasteiger partial charge is 0.482 e. The van der Waals surface area contributed by atoms with Crippen LogP contribution in [0.5, 0.6) is 5.75 Å². The van der Waals surface area contributed by atoms with Crippen molar-refractivity contribution in [3.05, 3.63) is 82.7 Å². The van der Waals surface area contributed by atoms with Crippen molar-refractivity contribution in [1.29, 1.82) is 0 Å². The molecule has 1 aromatic heterocycles. The number of fused-ring (bicyclic) bond motifs is 1. The molecule has 0 bridgehead atoms. The van der Waals surface area contributed by atoms with Gasteiger partial charge in [-0.3, -0.25) is 14.5 Å². The van der Waals surface area contributed by atoms with Crippen LogP contribution in [0.4, 0.5) is 11.4 Å². The highest BCUT2D eigenvalue weighted by atomic mass is 35.5. The van der Waals surface area contributed by atoms with Crippen LogP contribution in [0.2, 0.25) is 5.02 Å². The Kier molecular flexibility index (Phi) is 6.28. The van der Waals surface area contributed by atoms with Crippen molar-refractivity contribution in [3.63, 3.8) is 0 Å². The van der Waals surface area contributed by atoms with Gasteiger partial charge in [-0.2, -0.15) is 0 Å². The van der Waals surface area contributed by atoms with Crippen molar-refractivity contribution in [3.8, 4) is 27.6 Å². The highest BCUT2D eigenvalue weighted by Crippen LogP contribution is 2.39. The molecule has 0 fully saturated rings. The van der Waals surface area contributed by atoms with E-state index in [1.54, 1.807) is 6.92 Å². The summed E-state index contributed by atoms with van der Waals surface area (Å²) >= 11 is 7.83. The van der Waals surface area contributed by atoms with Crippen LogP contribution in [0.3, 0.4) is 0 Å². The van der Waals surface area contributed by atoms with Crippen LogP contribution < -0.4 is 15.0 Å². The zero-order valence-electron chi connectivity index (χ0n) is 19.1. The van der Waals surface area contributed by atoms with Gasteiger partial charge in [0.2, 0.25) is 5.91 Å². The molecule has 2 heterocycles. The van der Waals surface area contributed by atoms with E-state index in [0.717, 1.165) is 27.4 Å². The van der Waals surface area contributed by atoms with Gasteiger partial charge in [0.1, 0.15) is 16.8 Å². The zero-order chi connectivity index (χ0) is 24.5. The quantitative estimate of drug-likeness (QED) is 0.352. The van der Waals surface area contributed by atoms with Crippen molar-refractivity contribution in [2.45, 2.75) is 19.9 Å². The number of thiazole rings is 1. The molecule has 0 aliphatic carbocycles. The first-order valence-corrected chi connectivity index (χ1v) is 12.3. The SMILES string of the molecule is Cc1ccc(NC(=O)C(C)N2C(=O)COc3ccc(-c4csc(-c5ccccc5Cl)n4)cc32)cc1. The molecule has 6 nitrogen and oxygen atoms in total. The van der Waals surface area contributed by atoms with E-state index in [9.17, 15) is 9.59 Å². The molecule has 1 unspecified atom stereocenters. The summed E-state index contributed by atoms with van der Waals surface area (Å²) in [6.45, 7) is 3.57. The third kappa shape index (κ3) is 4.65. The molecule has 8 heteroatoms. The molecule has 1 N–H and O–H groups in total. The molecule has 176 valence electrons. The predicted octanol–water partition coefficient (Wildman–Crippen LogP) is 6.19. The van der Waals surface area contributed by atoms with Crippen LogP contribution in [-0.2, 0) is 9.59 Å². The van der Waals surface area contributed by atoms with Crippen LogP contribution >= 0.6 is 22.9 Å². The summed E-state index contributed by atoms with van der Waals surface area (Å²) in [6, 6.07) is 19.9. The zero-order valence-corrected chi connectivity index (χ0v) is 20.7. The molecule has 4 aromatic rings. The number of ether oxygens (including phenoxy) is 1. The lowest BCUT2D eigenvalue weighted by Crippen LogP contribution is -2.49. The molecule has 1 aliphatic heterocycles. The number of anilines is 2. The van der Waals surface area contributed by atoms with Gasteiger partial charge in [-0.05, 0) is 50.2 Å². The minimum Gasteiger partial charge on any atom is -0.482 e. The van der Waals surface area contributed by atoms with Crippen molar-refractivity contribution < 1.29 is 14.3 Å². The van der Waals surface area contributed by atoms with Crippen LogP contribution in [0.1, 0.15) is 12.5 Å². The molecule has 2 amide bonds. The Morgan fingerprint density at radius 1 is 1.14 bits per heavy atom. The van der Waals surface area contributed by atoms with E-state index in [4.69, 9.17) is 21.3 Å². The summed E-state index contributed by atoms with van der Waals surface area (Å²) in [5.74, 6) is -0.0174. The number of hydrogen-bond acceptors (Lipinski definition) is 5. The first-order valence-electron chi connectivity index (χ1n) is 11.1. The first kappa shape index (κ1) is 23.1. The Labute approximate surface area is 212 Å². The third-order valence-corrected chi connectivity index (χ3v) is 7.03. The van der Waals surface area contributed by atoms with Crippen LogP contribution in [0, 0.1) is 6.92 Å². The summed E-state index contributed by atoms with van der Waals surface area (Å²) in [5.41, 5.74) is 4.75. The Morgan fingerprint density at radius 3 is 2.69 bits per heavy atom. The molecule has 0 spiro atoms. The number of aromatic nitrogens is 1. The second kappa shape index (κ2) is 9.52. The Bertz CT molecular complexity index is 1420. The minimum absolute atomic E-state index is 0.123. The maximum Gasteiger partial charge on any atom is 0.265 e. The predicted molar refractivity (Wildman–Crippen MR) is 140 cm³/mol. The number of benzene rings is 3. The summed E-state index contributed by atoms with van der Waals surface area (Å²) in [6.07, 6.45) is 0. The summed E-state index contributed by atoms with van der Waals surface area (Å²) < 4.78 is 5.65.